The van der Waals surface area contributed by atoms with Crippen LogP contribution in [0.3, 0.4) is 0 Å². The summed E-state index contributed by atoms with van der Waals surface area (Å²) < 4.78 is 0. The van der Waals surface area contributed by atoms with Crippen LogP contribution in [0.1, 0.15) is 91.9 Å². The van der Waals surface area contributed by atoms with E-state index < -0.39 is 0 Å². The number of allylic oxidation sites excluding steroid dienone is 8. The van der Waals surface area contributed by atoms with Crippen molar-refractivity contribution in [2.24, 2.45) is 0 Å². The summed E-state index contributed by atoms with van der Waals surface area (Å²) in [4.78, 5) is 0. The molecule has 0 atom stereocenters. The van der Waals surface area contributed by atoms with E-state index in [4.69, 9.17) is 0 Å². The number of hydrogen-bond donors (Lipinski definition) is 0. The van der Waals surface area contributed by atoms with Crippen LogP contribution in [0.4, 0.5) is 0 Å². The van der Waals surface area contributed by atoms with E-state index >= 15 is 0 Å². The van der Waals surface area contributed by atoms with E-state index in [2.05, 4.69) is 52.0 Å². The van der Waals surface area contributed by atoms with Crippen molar-refractivity contribution in [2.75, 3.05) is 0 Å². The molecule has 0 aromatic carbocycles. The van der Waals surface area contributed by atoms with Crippen molar-refractivity contribution < 1.29 is 23.3 Å². The second-order valence-electron chi connectivity index (χ2n) is 6.36. The Labute approximate surface area is 207 Å². The monoisotopic (exact) mass is 520 g/mol. The van der Waals surface area contributed by atoms with Crippen molar-refractivity contribution in [3.05, 3.63) is 61.4 Å². The first-order valence-corrected chi connectivity index (χ1v) is 15.6. The molecule has 0 aromatic heterocycles. The molecule has 166 valence electrons. The second-order valence-corrected chi connectivity index (χ2v) is 6.36. The van der Waals surface area contributed by atoms with Gasteiger partial charge in [0, 0.05) is 0 Å². The van der Waals surface area contributed by atoms with Crippen molar-refractivity contribution in [3.8, 4) is 0 Å². The third-order valence-electron chi connectivity index (χ3n) is 4.02. The van der Waals surface area contributed by atoms with Gasteiger partial charge in [-0.25, -0.2) is 23.3 Å². The molecule has 0 unspecified atom stereocenters. The summed E-state index contributed by atoms with van der Waals surface area (Å²) in [5, 5.41) is 0. The molecule has 0 saturated carbocycles. The van der Waals surface area contributed by atoms with Gasteiger partial charge in [0.25, 0.3) is 0 Å². The zero-order valence-corrected chi connectivity index (χ0v) is 24.8. The summed E-state index contributed by atoms with van der Waals surface area (Å²) in [7, 11) is 0. The summed E-state index contributed by atoms with van der Waals surface area (Å²) in [6.45, 7) is 10.9. The van der Waals surface area contributed by atoms with Crippen LogP contribution in [0.5, 0.6) is 0 Å². The average Bonchev–Trinajstić information content (AvgIpc) is 3.21. The summed E-state index contributed by atoms with van der Waals surface area (Å²) >= 11 is 1.58. The van der Waals surface area contributed by atoms with Gasteiger partial charge in [-0.3, -0.25) is 12.2 Å². The Morgan fingerprint density at radius 3 is 1.21 bits per heavy atom. The molecule has 2 aliphatic rings. The van der Waals surface area contributed by atoms with Gasteiger partial charge in [-0.1, -0.05) is 66.2 Å². The van der Waals surface area contributed by atoms with E-state index in [1.165, 1.54) is 62.5 Å². The van der Waals surface area contributed by atoms with Crippen LogP contribution in [0.25, 0.3) is 0 Å². The van der Waals surface area contributed by atoms with Crippen molar-refractivity contribution in [1.82, 2.24) is 0 Å². The third kappa shape index (κ3) is 18.7. The minimum absolute atomic E-state index is 0. The number of hydrogen-bond acceptors (Lipinski definition) is 0. The molecule has 0 aromatic rings. The van der Waals surface area contributed by atoms with Gasteiger partial charge in [-0.15, -0.1) is 37.7 Å². The van der Waals surface area contributed by atoms with E-state index in [0.717, 1.165) is 12.8 Å². The first kappa shape index (κ1) is 39.2. The zero-order valence-electron chi connectivity index (χ0n) is 19.2. The molecule has 0 bridgehead atoms. The van der Waals surface area contributed by atoms with E-state index in [1.54, 1.807) is 34.5 Å². The molecule has 0 spiro atoms. The van der Waals surface area contributed by atoms with Gasteiger partial charge < -0.3 is 14.9 Å². The predicted octanol–water partition coefficient (Wildman–Crippen LogP) is 8.12. The normalized spacial score (nSPS) is 13.1. The van der Waals surface area contributed by atoms with Crippen LogP contribution >= 0.6 is 24.8 Å². The molecule has 0 radical (unpaired) electrons. The average molecular weight is 523 g/mol. The van der Waals surface area contributed by atoms with Gasteiger partial charge in [-0.05, 0) is 12.8 Å². The Hall–Kier alpha value is 0.640. The molecule has 0 nitrogen and oxygen atoms in total. The van der Waals surface area contributed by atoms with Gasteiger partial charge in [-0.2, -0.15) is 11.1 Å². The van der Waals surface area contributed by atoms with Gasteiger partial charge in [0.1, 0.15) is 0 Å². The fourth-order valence-corrected chi connectivity index (χ4v) is 2.97. The maximum atomic E-state index is 3.42. The zero-order chi connectivity index (χ0) is 18.2. The predicted molar refractivity (Wildman–Crippen MR) is 134 cm³/mol. The molecule has 0 amide bonds. The van der Waals surface area contributed by atoms with E-state index in [0.29, 0.717) is 0 Å². The molecule has 0 aliphatic heterocycles. The minimum atomic E-state index is 0. The third-order valence-corrected chi connectivity index (χ3v) is 4.02. The summed E-state index contributed by atoms with van der Waals surface area (Å²) in [6, 6.07) is 0. The topological polar surface area (TPSA) is 0 Å². The van der Waals surface area contributed by atoms with Crippen molar-refractivity contribution in [2.45, 2.75) is 91.9 Å². The summed E-state index contributed by atoms with van der Waals surface area (Å²) in [6.07, 6.45) is 23.7. The summed E-state index contributed by atoms with van der Waals surface area (Å²) in [5.74, 6) is 0. The first-order valence-electron chi connectivity index (χ1n) is 9.67. The SMILES string of the molecule is CCCC1=[C-]CC(CCC)=C1.CCCC1=[C-]CC(CCC)=C1.Cl.Cl.[CH3-].[CH3-].[SiH2]=[Zr]. The van der Waals surface area contributed by atoms with E-state index in [9.17, 15) is 0 Å². The second kappa shape index (κ2) is 27.6. The standard InChI is InChI=1S/2C11H17.2CH3.2ClH.H2Si.Zr/c2*1-3-5-10-7-8-11(9-10)6-4-2;;;;;;/h2*9H,3-7H2,1-2H3;2*1H3;2*1H;1H2;/q4*-1;;;;. The quantitative estimate of drug-likeness (QED) is 0.223. The van der Waals surface area contributed by atoms with Crippen LogP contribution in [0.2, 0.25) is 0 Å². The van der Waals surface area contributed by atoms with Crippen LogP contribution in [-0.2, 0) is 23.3 Å². The van der Waals surface area contributed by atoms with Gasteiger partial charge in [0.2, 0.25) is 0 Å². The van der Waals surface area contributed by atoms with Crippen molar-refractivity contribution in [3.63, 3.8) is 0 Å². The van der Waals surface area contributed by atoms with Gasteiger partial charge in [0.15, 0.2) is 0 Å². The molecular weight excluding hydrogens is 478 g/mol. The fraction of sp³-hybridized carbons (Fsp3) is 0.583. The number of halogens is 2. The molecule has 0 N–H and O–H groups in total. The van der Waals surface area contributed by atoms with Crippen molar-refractivity contribution >= 4 is 31.7 Å². The first-order chi connectivity index (χ1) is 11.7. The van der Waals surface area contributed by atoms with E-state index in [-0.39, 0.29) is 39.7 Å². The molecule has 0 saturated heterocycles. The van der Waals surface area contributed by atoms with Crippen LogP contribution in [0.15, 0.2) is 34.4 Å². The fourth-order valence-electron chi connectivity index (χ4n) is 2.97. The van der Waals surface area contributed by atoms with E-state index in [1.807, 2.05) is 6.88 Å². The van der Waals surface area contributed by atoms with Crippen LogP contribution in [0, 0.1) is 27.0 Å². The Balaban J connectivity index is -0.000000102. The van der Waals surface area contributed by atoms with Gasteiger partial charge >= 0.3 is 30.2 Å². The molecule has 0 heterocycles. The molecular formula is C24H44Cl2SiZr-4. The Morgan fingerprint density at radius 2 is 0.964 bits per heavy atom. The maximum absolute atomic E-state index is 3.42. The van der Waals surface area contributed by atoms with Gasteiger partial charge in [0.05, 0.1) is 0 Å². The molecule has 28 heavy (non-hydrogen) atoms. The van der Waals surface area contributed by atoms with Crippen LogP contribution in [-0.4, -0.2) is 6.88 Å². The summed E-state index contributed by atoms with van der Waals surface area (Å²) in [5.41, 5.74) is 6.04. The van der Waals surface area contributed by atoms with Crippen molar-refractivity contribution in [1.29, 1.82) is 0 Å². The Bertz CT molecular complexity index is 423. The number of rotatable bonds is 8. The molecule has 2 rings (SSSR count). The Kier molecular flexibility index (Phi) is 38.6. The van der Waals surface area contributed by atoms with Crippen LogP contribution < -0.4 is 0 Å². The molecule has 4 heteroatoms. The Morgan fingerprint density at radius 1 is 0.679 bits per heavy atom. The molecule has 2 aliphatic carbocycles. The molecule has 0 fully saturated rings.